The Morgan fingerprint density at radius 2 is 1.16 bits per heavy atom. The summed E-state index contributed by atoms with van der Waals surface area (Å²) in [6.45, 7) is 4.29. The van der Waals surface area contributed by atoms with Crippen LogP contribution in [0.5, 0.6) is 0 Å². The van der Waals surface area contributed by atoms with Crippen molar-refractivity contribution in [2.24, 2.45) is 0 Å². The molecule has 0 fully saturated rings. The fraction of sp³-hybridized carbons (Fsp3) is 1.00. The maximum atomic E-state index is 11.4. The summed E-state index contributed by atoms with van der Waals surface area (Å²) in [6.07, 6.45) is 13.9. The van der Waals surface area contributed by atoms with Crippen molar-refractivity contribution in [3.8, 4) is 0 Å². The first-order valence-electron chi connectivity index (χ1n) is 10.0. The molecule has 0 aromatic carbocycles. The van der Waals surface area contributed by atoms with Gasteiger partial charge in [-0.3, -0.25) is 0 Å². The molecule has 0 aliphatic rings. The third kappa shape index (κ3) is 18.6. The normalized spacial score (nSPS) is 14.1. The van der Waals surface area contributed by atoms with Gasteiger partial charge >= 0.3 is 51.4 Å². The van der Waals surface area contributed by atoms with Gasteiger partial charge in [-0.1, -0.05) is 90.9 Å². The van der Waals surface area contributed by atoms with E-state index < -0.39 is 21.5 Å². The van der Waals surface area contributed by atoms with Crippen LogP contribution in [-0.4, -0.2) is 29.4 Å². The first kappa shape index (κ1) is 28.7. The molecule has 0 amide bonds. The number of hydrogen-bond acceptors (Lipinski definition) is 4. The number of aliphatic hydroxyl groups is 1. The Kier molecular flexibility index (Phi) is 21.7. The molecule has 0 spiro atoms. The van der Waals surface area contributed by atoms with Crippen LogP contribution < -0.4 is 51.4 Å². The van der Waals surface area contributed by atoms with Gasteiger partial charge < -0.3 is 9.66 Å². The molecule has 0 saturated carbocycles. The van der Waals surface area contributed by atoms with Crippen molar-refractivity contribution in [1.29, 1.82) is 0 Å². The molecule has 0 aliphatic carbocycles. The van der Waals surface area contributed by atoms with Crippen LogP contribution in [0.2, 0.25) is 0 Å². The van der Waals surface area contributed by atoms with Crippen LogP contribution >= 0.6 is 0 Å². The van der Waals surface area contributed by atoms with Gasteiger partial charge in [0.05, 0.1) is 21.5 Å². The Hall–Kier alpha value is 1.51. The number of unbranched alkanes of at least 4 members (excludes halogenated alkanes) is 10. The van der Waals surface area contributed by atoms with E-state index in [0.29, 0.717) is 12.8 Å². The van der Waals surface area contributed by atoms with E-state index in [2.05, 4.69) is 13.8 Å². The Balaban J connectivity index is 0. The van der Waals surface area contributed by atoms with Crippen LogP contribution in [0.1, 0.15) is 110 Å². The van der Waals surface area contributed by atoms with Crippen LogP contribution in [0.3, 0.4) is 0 Å². The van der Waals surface area contributed by atoms with E-state index in [1.54, 1.807) is 0 Å². The second kappa shape index (κ2) is 18.9. The van der Waals surface area contributed by atoms with Crippen molar-refractivity contribution in [1.82, 2.24) is 0 Å². The van der Waals surface area contributed by atoms with E-state index >= 15 is 0 Å². The van der Waals surface area contributed by atoms with E-state index in [1.807, 2.05) is 0 Å². The van der Waals surface area contributed by atoms with Crippen molar-refractivity contribution in [3.05, 3.63) is 0 Å². The summed E-state index contributed by atoms with van der Waals surface area (Å²) in [7, 11) is -4.31. The van der Waals surface area contributed by atoms with Gasteiger partial charge in [-0.05, 0) is 19.3 Å². The minimum atomic E-state index is -4.31. The minimum Gasteiger partial charge on any atom is -0.748 e. The van der Waals surface area contributed by atoms with E-state index in [9.17, 15) is 18.1 Å². The molecule has 4 nitrogen and oxygen atoms in total. The van der Waals surface area contributed by atoms with E-state index in [4.69, 9.17) is 0 Å². The monoisotopic (exact) mass is 402 g/mol. The minimum absolute atomic E-state index is 0. The molecule has 0 heterocycles. The van der Waals surface area contributed by atoms with Gasteiger partial charge in [-0.25, -0.2) is 8.42 Å². The van der Waals surface area contributed by atoms with Crippen molar-refractivity contribution in [2.45, 2.75) is 122 Å². The summed E-state index contributed by atoms with van der Waals surface area (Å²) in [5.41, 5.74) is 0. The topological polar surface area (TPSA) is 77.4 Å². The molecule has 146 valence electrons. The van der Waals surface area contributed by atoms with Gasteiger partial charge in [-0.2, -0.15) is 0 Å². The molecule has 0 saturated heterocycles. The maximum absolute atomic E-state index is 11.4. The Bertz CT molecular complexity index is 374. The quantitative estimate of drug-likeness (QED) is 0.230. The van der Waals surface area contributed by atoms with Crippen LogP contribution in [0.25, 0.3) is 0 Å². The van der Waals surface area contributed by atoms with E-state index in [0.717, 1.165) is 38.5 Å². The zero-order valence-electron chi connectivity index (χ0n) is 16.8. The van der Waals surface area contributed by atoms with Gasteiger partial charge in [0.1, 0.15) is 0 Å². The van der Waals surface area contributed by atoms with Crippen molar-refractivity contribution in [2.75, 3.05) is 0 Å². The predicted octanol–water partition coefficient (Wildman–Crippen LogP) is 2.16. The summed E-state index contributed by atoms with van der Waals surface area (Å²) in [4.78, 5) is 0. The molecule has 0 aromatic rings. The second-order valence-corrected chi connectivity index (χ2v) is 8.77. The van der Waals surface area contributed by atoms with Gasteiger partial charge in [0, 0.05) is 0 Å². The number of hydrogen-bond donors (Lipinski definition) is 1. The van der Waals surface area contributed by atoms with Crippen molar-refractivity contribution >= 4 is 10.1 Å². The van der Waals surface area contributed by atoms with E-state index in [-0.39, 0.29) is 57.8 Å². The molecular formula is C19H39KO4S. The fourth-order valence-corrected chi connectivity index (χ4v) is 4.03. The molecule has 25 heavy (non-hydrogen) atoms. The zero-order chi connectivity index (χ0) is 18.3. The molecule has 0 bridgehead atoms. The molecule has 0 rings (SSSR count). The fourth-order valence-electron chi connectivity index (χ4n) is 3.11. The standard InChI is InChI=1S/C19H40O4S.K/c1-3-5-7-8-9-10-11-12-14-16-19(24(21,22)23)17-18(20)15-13-6-4-2;/h18-20H,3-17H2,1-2H3,(H,21,22,23);/q;+1/p-1. The molecule has 0 radical (unpaired) electrons. The third-order valence-electron chi connectivity index (χ3n) is 4.71. The summed E-state index contributed by atoms with van der Waals surface area (Å²) in [5.74, 6) is 0. The Morgan fingerprint density at radius 3 is 1.64 bits per heavy atom. The van der Waals surface area contributed by atoms with Gasteiger partial charge in [-0.15, -0.1) is 0 Å². The average Bonchev–Trinajstić information content (AvgIpc) is 2.51. The first-order chi connectivity index (χ1) is 11.4. The summed E-state index contributed by atoms with van der Waals surface area (Å²) >= 11 is 0. The SMILES string of the molecule is CCCCCCCCCCCC(CC(O)CCCCC)S(=O)(=O)[O-].[K+]. The number of rotatable bonds is 17. The molecule has 1 N–H and O–H groups in total. The Morgan fingerprint density at radius 1 is 0.760 bits per heavy atom. The zero-order valence-corrected chi connectivity index (χ0v) is 20.8. The van der Waals surface area contributed by atoms with Gasteiger partial charge in [0.25, 0.3) is 0 Å². The summed E-state index contributed by atoms with van der Waals surface area (Å²) in [5, 5.41) is 9.03. The average molecular weight is 403 g/mol. The molecule has 2 unspecified atom stereocenters. The second-order valence-electron chi connectivity index (χ2n) is 7.12. The van der Waals surface area contributed by atoms with Crippen LogP contribution in [0, 0.1) is 0 Å². The summed E-state index contributed by atoms with van der Waals surface area (Å²) < 4.78 is 34.2. The van der Waals surface area contributed by atoms with Gasteiger partial charge in [0.2, 0.25) is 0 Å². The van der Waals surface area contributed by atoms with Crippen molar-refractivity contribution in [3.63, 3.8) is 0 Å². The Labute approximate surface area is 199 Å². The van der Waals surface area contributed by atoms with Crippen LogP contribution in [0.4, 0.5) is 0 Å². The molecule has 2 atom stereocenters. The van der Waals surface area contributed by atoms with Crippen LogP contribution in [-0.2, 0) is 10.1 Å². The molecular weight excluding hydrogens is 363 g/mol. The largest absolute Gasteiger partial charge is 1.00 e. The molecule has 0 aliphatic heterocycles. The maximum Gasteiger partial charge on any atom is 1.00 e. The van der Waals surface area contributed by atoms with Crippen molar-refractivity contribution < 1.29 is 69.5 Å². The smallest absolute Gasteiger partial charge is 0.748 e. The molecule has 6 heteroatoms. The first-order valence-corrected chi connectivity index (χ1v) is 11.5. The summed E-state index contributed by atoms with van der Waals surface area (Å²) in [6, 6.07) is 0. The third-order valence-corrected chi connectivity index (χ3v) is 5.96. The molecule has 0 aromatic heterocycles. The van der Waals surface area contributed by atoms with E-state index in [1.165, 1.54) is 38.5 Å². The van der Waals surface area contributed by atoms with Gasteiger partial charge in [0.15, 0.2) is 0 Å². The number of aliphatic hydroxyl groups excluding tert-OH is 1. The van der Waals surface area contributed by atoms with Crippen LogP contribution in [0.15, 0.2) is 0 Å². The predicted molar refractivity (Wildman–Crippen MR) is 100 cm³/mol.